The molecule has 0 aliphatic carbocycles. The number of pyridine rings is 1. The maximum atomic E-state index is 11.9. The molecule has 0 aromatic carbocycles. The average Bonchev–Trinajstić information content (AvgIpc) is 2.52. The highest BCUT2D eigenvalue weighted by atomic mass is 16.5. The monoisotopic (exact) mass is 293 g/mol. The van der Waals surface area contributed by atoms with E-state index in [-0.39, 0.29) is 17.3 Å². The minimum Gasteiger partial charge on any atom is -0.477 e. The van der Waals surface area contributed by atoms with E-state index >= 15 is 0 Å². The van der Waals surface area contributed by atoms with E-state index in [1.54, 1.807) is 0 Å². The maximum absolute atomic E-state index is 11.9. The first-order valence-corrected chi connectivity index (χ1v) is 6.95. The van der Waals surface area contributed by atoms with Crippen LogP contribution in [0.3, 0.4) is 0 Å². The Hall–Kier alpha value is -1.99. The number of nitrogens with one attached hydrogen (secondary N) is 1. The lowest BCUT2D eigenvalue weighted by atomic mass is 10.3. The van der Waals surface area contributed by atoms with E-state index in [1.165, 1.54) is 18.2 Å². The SMILES string of the molecule is O=C(O)c1cccc(C(=O)NCCCN2CCOCC2)n1. The van der Waals surface area contributed by atoms with E-state index in [4.69, 9.17) is 9.84 Å². The molecule has 0 unspecified atom stereocenters. The average molecular weight is 293 g/mol. The molecule has 1 aromatic heterocycles. The van der Waals surface area contributed by atoms with Gasteiger partial charge in [-0.2, -0.15) is 0 Å². The van der Waals surface area contributed by atoms with Crippen LogP contribution >= 0.6 is 0 Å². The van der Waals surface area contributed by atoms with Crippen molar-refractivity contribution in [3.63, 3.8) is 0 Å². The number of carboxylic acids is 1. The largest absolute Gasteiger partial charge is 0.477 e. The number of hydrogen-bond acceptors (Lipinski definition) is 5. The van der Waals surface area contributed by atoms with Crippen LogP contribution in [0.5, 0.6) is 0 Å². The second kappa shape index (κ2) is 7.70. The molecule has 1 aliphatic rings. The van der Waals surface area contributed by atoms with Crippen molar-refractivity contribution < 1.29 is 19.4 Å². The third-order valence-electron chi connectivity index (χ3n) is 3.24. The molecule has 2 rings (SSSR count). The Balaban J connectivity index is 1.74. The number of ether oxygens (including phenoxy) is 1. The van der Waals surface area contributed by atoms with Crippen LogP contribution in [0.1, 0.15) is 27.4 Å². The van der Waals surface area contributed by atoms with Crippen LogP contribution in [0.4, 0.5) is 0 Å². The summed E-state index contributed by atoms with van der Waals surface area (Å²) in [6.45, 7) is 4.82. The van der Waals surface area contributed by atoms with Crippen molar-refractivity contribution >= 4 is 11.9 Å². The van der Waals surface area contributed by atoms with Gasteiger partial charge in [-0.1, -0.05) is 6.07 Å². The lowest BCUT2D eigenvalue weighted by Gasteiger charge is -2.26. The van der Waals surface area contributed by atoms with E-state index < -0.39 is 5.97 Å². The highest BCUT2D eigenvalue weighted by Crippen LogP contribution is 2.00. The normalized spacial score (nSPS) is 15.6. The Bertz CT molecular complexity index is 501. The number of carbonyl (C=O) groups is 2. The highest BCUT2D eigenvalue weighted by molar-refractivity contribution is 5.94. The van der Waals surface area contributed by atoms with E-state index in [9.17, 15) is 9.59 Å². The lowest BCUT2D eigenvalue weighted by Crippen LogP contribution is -2.38. The zero-order valence-electron chi connectivity index (χ0n) is 11.7. The van der Waals surface area contributed by atoms with Gasteiger partial charge in [0.15, 0.2) is 0 Å². The summed E-state index contributed by atoms with van der Waals surface area (Å²) >= 11 is 0. The molecule has 0 spiro atoms. The summed E-state index contributed by atoms with van der Waals surface area (Å²) < 4.78 is 5.26. The molecule has 2 heterocycles. The van der Waals surface area contributed by atoms with Gasteiger partial charge in [-0.25, -0.2) is 9.78 Å². The first-order valence-electron chi connectivity index (χ1n) is 6.95. The summed E-state index contributed by atoms with van der Waals surface area (Å²) in [6, 6.07) is 4.38. The predicted octanol–water partition coefficient (Wildman–Crippen LogP) is 0.232. The number of amides is 1. The van der Waals surface area contributed by atoms with Gasteiger partial charge in [0.2, 0.25) is 0 Å². The molecule has 114 valence electrons. The molecule has 1 saturated heterocycles. The first kappa shape index (κ1) is 15.4. The Kier molecular flexibility index (Phi) is 5.65. The van der Waals surface area contributed by atoms with Crippen LogP contribution in [0.15, 0.2) is 18.2 Å². The molecule has 1 aliphatic heterocycles. The zero-order chi connectivity index (χ0) is 15.1. The molecule has 2 N–H and O–H groups in total. The Morgan fingerprint density at radius 2 is 2.00 bits per heavy atom. The number of nitrogens with zero attached hydrogens (tertiary/aromatic N) is 2. The molecule has 21 heavy (non-hydrogen) atoms. The minimum absolute atomic E-state index is 0.126. The topological polar surface area (TPSA) is 91.8 Å². The zero-order valence-corrected chi connectivity index (χ0v) is 11.7. The Morgan fingerprint density at radius 3 is 2.71 bits per heavy atom. The number of carbonyl (C=O) groups excluding carboxylic acids is 1. The standard InChI is InChI=1S/C14H19N3O4/c18-13(11-3-1-4-12(16-11)14(19)20)15-5-2-6-17-7-9-21-10-8-17/h1,3-4H,2,5-10H2,(H,15,18)(H,19,20). The summed E-state index contributed by atoms with van der Waals surface area (Å²) in [5, 5.41) is 11.6. The molecular weight excluding hydrogens is 274 g/mol. The maximum Gasteiger partial charge on any atom is 0.354 e. The number of hydrogen-bond donors (Lipinski definition) is 2. The second-order valence-corrected chi connectivity index (χ2v) is 4.78. The summed E-state index contributed by atoms with van der Waals surface area (Å²) in [7, 11) is 0. The van der Waals surface area contributed by atoms with Gasteiger partial charge >= 0.3 is 5.97 Å². The van der Waals surface area contributed by atoms with Gasteiger partial charge in [-0.15, -0.1) is 0 Å². The van der Waals surface area contributed by atoms with E-state index in [0.717, 1.165) is 39.3 Å². The van der Waals surface area contributed by atoms with Crippen LogP contribution < -0.4 is 5.32 Å². The molecule has 0 atom stereocenters. The fourth-order valence-electron chi connectivity index (χ4n) is 2.10. The van der Waals surface area contributed by atoms with Gasteiger partial charge in [0.25, 0.3) is 5.91 Å². The molecule has 7 heteroatoms. The molecule has 7 nitrogen and oxygen atoms in total. The molecule has 0 radical (unpaired) electrons. The number of rotatable bonds is 6. The van der Waals surface area contributed by atoms with Crippen molar-refractivity contribution in [1.82, 2.24) is 15.2 Å². The summed E-state index contributed by atoms with van der Waals surface area (Å²) in [5.74, 6) is -1.49. The number of carboxylic acid groups (broad SMARTS) is 1. The van der Waals surface area contributed by atoms with Crippen LogP contribution in [-0.4, -0.2) is 66.3 Å². The van der Waals surface area contributed by atoms with Crippen molar-refractivity contribution in [3.8, 4) is 0 Å². The minimum atomic E-state index is -1.14. The fraction of sp³-hybridized carbons (Fsp3) is 0.500. The summed E-state index contributed by atoms with van der Waals surface area (Å²) in [6.07, 6.45) is 0.838. The third-order valence-corrected chi connectivity index (χ3v) is 3.24. The van der Waals surface area contributed by atoms with Gasteiger partial charge in [0.05, 0.1) is 13.2 Å². The molecule has 1 fully saturated rings. The first-order chi connectivity index (χ1) is 10.2. The van der Waals surface area contributed by atoms with Crippen molar-refractivity contribution in [2.45, 2.75) is 6.42 Å². The molecule has 1 amide bonds. The number of aromatic nitrogens is 1. The van der Waals surface area contributed by atoms with Crippen molar-refractivity contribution in [1.29, 1.82) is 0 Å². The Labute approximate surface area is 122 Å². The molecular formula is C14H19N3O4. The van der Waals surface area contributed by atoms with Gasteiger partial charge in [-0.05, 0) is 25.1 Å². The number of aromatic carboxylic acids is 1. The van der Waals surface area contributed by atoms with Gasteiger partial charge < -0.3 is 15.2 Å². The van der Waals surface area contributed by atoms with E-state index in [0.29, 0.717) is 6.54 Å². The van der Waals surface area contributed by atoms with Crippen LogP contribution in [-0.2, 0) is 4.74 Å². The lowest BCUT2D eigenvalue weighted by molar-refractivity contribution is 0.0374. The fourth-order valence-corrected chi connectivity index (χ4v) is 2.10. The van der Waals surface area contributed by atoms with E-state index in [2.05, 4.69) is 15.2 Å². The summed E-state index contributed by atoms with van der Waals surface area (Å²) in [4.78, 5) is 28.8. The predicted molar refractivity (Wildman–Crippen MR) is 75.4 cm³/mol. The molecule has 1 aromatic rings. The molecule has 0 bridgehead atoms. The highest BCUT2D eigenvalue weighted by Gasteiger charge is 2.12. The summed E-state index contributed by atoms with van der Waals surface area (Å²) in [5.41, 5.74) is -0.00256. The van der Waals surface area contributed by atoms with Crippen molar-refractivity contribution in [2.75, 3.05) is 39.4 Å². The van der Waals surface area contributed by atoms with Gasteiger partial charge in [0, 0.05) is 19.6 Å². The van der Waals surface area contributed by atoms with E-state index in [1.807, 2.05) is 0 Å². The van der Waals surface area contributed by atoms with Crippen LogP contribution in [0.25, 0.3) is 0 Å². The van der Waals surface area contributed by atoms with Crippen molar-refractivity contribution in [3.05, 3.63) is 29.6 Å². The Morgan fingerprint density at radius 1 is 1.29 bits per heavy atom. The third kappa shape index (κ3) is 4.80. The smallest absolute Gasteiger partial charge is 0.354 e. The second-order valence-electron chi connectivity index (χ2n) is 4.78. The molecule has 0 saturated carbocycles. The van der Waals surface area contributed by atoms with Crippen molar-refractivity contribution in [2.24, 2.45) is 0 Å². The van der Waals surface area contributed by atoms with Gasteiger partial charge in [-0.3, -0.25) is 9.69 Å². The van der Waals surface area contributed by atoms with Gasteiger partial charge in [0.1, 0.15) is 11.4 Å². The quantitative estimate of drug-likeness (QED) is 0.730. The van der Waals surface area contributed by atoms with Crippen LogP contribution in [0.2, 0.25) is 0 Å². The number of morpholine rings is 1. The van der Waals surface area contributed by atoms with Crippen LogP contribution in [0, 0.1) is 0 Å².